The predicted octanol–water partition coefficient (Wildman–Crippen LogP) is 1.44. The van der Waals surface area contributed by atoms with Crippen molar-refractivity contribution in [1.82, 2.24) is 19.7 Å². The molecule has 0 fully saturated rings. The van der Waals surface area contributed by atoms with Crippen molar-refractivity contribution >= 4 is 0 Å². The molecular formula is C10H14N4O. The zero-order valence-electron chi connectivity index (χ0n) is 8.97. The van der Waals surface area contributed by atoms with Crippen LogP contribution >= 0.6 is 0 Å². The third kappa shape index (κ3) is 2.06. The van der Waals surface area contributed by atoms with Gasteiger partial charge in [-0.25, -0.2) is 4.98 Å². The fraction of sp³-hybridized carbons (Fsp3) is 0.500. The van der Waals surface area contributed by atoms with Gasteiger partial charge in [-0.15, -0.1) is 0 Å². The number of aromatic nitrogens is 4. The first kappa shape index (κ1) is 9.89. The zero-order chi connectivity index (χ0) is 10.7. The molecule has 15 heavy (non-hydrogen) atoms. The van der Waals surface area contributed by atoms with E-state index >= 15 is 0 Å². The third-order valence-corrected chi connectivity index (χ3v) is 2.24. The maximum absolute atomic E-state index is 5.04. The van der Waals surface area contributed by atoms with E-state index in [2.05, 4.69) is 22.0 Å². The van der Waals surface area contributed by atoms with Crippen molar-refractivity contribution in [1.29, 1.82) is 0 Å². The van der Waals surface area contributed by atoms with Crippen LogP contribution in [0.15, 0.2) is 16.9 Å². The molecule has 0 aliphatic rings. The molecule has 0 aliphatic carbocycles. The average Bonchev–Trinajstić information content (AvgIpc) is 2.87. The summed E-state index contributed by atoms with van der Waals surface area (Å²) in [6, 6.07) is 0. The highest BCUT2D eigenvalue weighted by Gasteiger charge is 2.07. The van der Waals surface area contributed by atoms with Crippen molar-refractivity contribution in [2.24, 2.45) is 0 Å². The second-order valence-electron chi connectivity index (χ2n) is 3.28. The summed E-state index contributed by atoms with van der Waals surface area (Å²) in [4.78, 5) is 8.49. The van der Waals surface area contributed by atoms with Crippen LogP contribution in [0.5, 0.6) is 0 Å². The van der Waals surface area contributed by atoms with Crippen LogP contribution in [0.3, 0.4) is 0 Å². The van der Waals surface area contributed by atoms with Gasteiger partial charge in [-0.2, -0.15) is 4.98 Å². The lowest BCUT2D eigenvalue weighted by Crippen LogP contribution is -2.04. The zero-order valence-corrected chi connectivity index (χ0v) is 8.97. The van der Waals surface area contributed by atoms with Crippen LogP contribution in [-0.4, -0.2) is 19.7 Å². The Bertz CT molecular complexity index is 432. The average molecular weight is 206 g/mol. The Labute approximate surface area is 88.1 Å². The minimum Gasteiger partial charge on any atom is -0.339 e. The van der Waals surface area contributed by atoms with E-state index in [0.717, 1.165) is 18.7 Å². The van der Waals surface area contributed by atoms with Gasteiger partial charge < -0.3 is 9.09 Å². The summed E-state index contributed by atoms with van der Waals surface area (Å²) in [5.74, 6) is 2.43. The van der Waals surface area contributed by atoms with Gasteiger partial charge in [0.2, 0.25) is 5.89 Å². The van der Waals surface area contributed by atoms with E-state index in [1.54, 1.807) is 6.20 Å². The molecule has 2 aromatic heterocycles. The van der Waals surface area contributed by atoms with Crippen molar-refractivity contribution in [2.45, 2.75) is 33.2 Å². The first-order valence-electron chi connectivity index (χ1n) is 5.15. The molecule has 0 unspecified atom stereocenters. The highest BCUT2D eigenvalue weighted by Crippen LogP contribution is 2.04. The summed E-state index contributed by atoms with van der Waals surface area (Å²) in [6.45, 7) is 4.70. The van der Waals surface area contributed by atoms with E-state index in [0.29, 0.717) is 18.3 Å². The van der Waals surface area contributed by atoms with Crippen LogP contribution in [-0.2, 0) is 19.4 Å². The molecule has 0 saturated heterocycles. The van der Waals surface area contributed by atoms with Crippen LogP contribution < -0.4 is 0 Å². The van der Waals surface area contributed by atoms with Crippen LogP contribution in [0.4, 0.5) is 0 Å². The molecule has 0 aliphatic heterocycles. The summed E-state index contributed by atoms with van der Waals surface area (Å²) in [7, 11) is 0. The normalized spacial score (nSPS) is 10.8. The highest BCUT2D eigenvalue weighted by atomic mass is 16.5. The van der Waals surface area contributed by atoms with Crippen LogP contribution in [0.2, 0.25) is 0 Å². The van der Waals surface area contributed by atoms with Gasteiger partial charge in [0.25, 0.3) is 0 Å². The lowest BCUT2D eigenvalue weighted by atomic mass is 10.4. The molecule has 80 valence electrons. The van der Waals surface area contributed by atoms with Gasteiger partial charge in [-0.05, 0) is 0 Å². The standard InChI is InChI=1S/C10H14N4O/c1-3-9-11-5-6-14(9)7-8-12-10(4-2)15-13-8/h5-6H,3-4,7H2,1-2H3. The van der Waals surface area contributed by atoms with Gasteiger partial charge in [0, 0.05) is 25.2 Å². The van der Waals surface area contributed by atoms with Crippen molar-refractivity contribution in [2.75, 3.05) is 0 Å². The van der Waals surface area contributed by atoms with Crippen LogP contribution in [0.25, 0.3) is 0 Å². The fourth-order valence-electron chi connectivity index (χ4n) is 1.45. The number of nitrogens with zero attached hydrogens (tertiary/aromatic N) is 4. The maximum Gasteiger partial charge on any atom is 0.226 e. The van der Waals surface area contributed by atoms with Gasteiger partial charge in [0.1, 0.15) is 5.82 Å². The molecule has 0 atom stereocenters. The predicted molar refractivity (Wildman–Crippen MR) is 54.4 cm³/mol. The number of imidazole rings is 1. The minimum atomic E-state index is 0.632. The molecule has 0 saturated carbocycles. The van der Waals surface area contributed by atoms with Crippen molar-refractivity contribution in [3.63, 3.8) is 0 Å². The third-order valence-electron chi connectivity index (χ3n) is 2.24. The Morgan fingerprint density at radius 1 is 1.33 bits per heavy atom. The Morgan fingerprint density at radius 3 is 2.87 bits per heavy atom. The van der Waals surface area contributed by atoms with Crippen molar-refractivity contribution in [3.05, 3.63) is 29.9 Å². The number of hydrogen-bond donors (Lipinski definition) is 0. The lowest BCUT2D eigenvalue weighted by Gasteiger charge is -2.01. The molecule has 0 spiro atoms. The number of hydrogen-bond acceptors (Lipinski definition) is 4. The quantitative estimate of drug-likeness (QED) is 0.759. The Balaban J connectivity index is 2.14. The largest absolute Gasteiger partial charge is 0.339 e. The summed E-state index contributed by atoms with van der Waals surface area (Å²) in [5, 5.41) is 3.90. The second-order valence-corrected chi connectivity index (χ2v) is 3.28. The molecule has 2 heterocycles. The fourth-order valence-corrected chi connectivity index (χ4v) is 1.45. The monoisotopic (exact) mass is 206 g/mol. The molecular weight excluding hydrogens is 192 g/mol. The van der Waals surface area contributed by atoms with Crippen molar-refractivity contribution < 1.29 is 4.52 Å². The van der Waals surface area contributed by atoms with E-state index in [1.165, 1.54) is 0 Å². The molecule has 5 nitrogen and oxygen atoms in total. The summed E-state index contributed by atoms with van der Waals surface area (Å²) < 4.78 is 7.07. The first-order valence-corrected chi connectivity index (χ1v) is 5.15. The molecule has 5 heteroatoms. The summed E-state index contributed by atoms with van der Waals surface area (Å²) in [6.07, 6.45) is 5.41. The second kappa shape index (κ2) is 4.25. The Hall–Kier alpha value is -1.65. The summed E-state index contributed by atoms with van der Waals surface area (Å²) >= 11 is 0. The topological polar surface area (TPSA) is 56.7 Å². The Morgan fingerprint density at radius 2 is 2.20 bits per heavy atom. The van der Waals surface area contributed by atoms with E-state index in [-0.39, 0.29) is 0 Å². The highest BCUT2D eigenvalue weighted by molar-refractivity contribution is 4.96. The first-order chi connectivity index (χ1) is 7.33. The van der Waals surface area contributed by atoms with Gasteiger partial charge >= 0.3 is 0 Å². The molecule has 0 aromatic carbocycles. The lowest BCUT2D eigenvalue weighted by molar-refractivity contribution is 0.375. The van der Waals surface area contributed by atoms with Crippen molar-refractivity contribution in [3.8, 4) is 0 Å². The van der Waals surface area contributed by atoms with Gasteiger partial charge in [-0.3, -0.25) is 0 Å². The molecule has 0 amide bonds. The van der Waals surface area contributed by atoms with Crippen LogP contribution in [0, 0.1) is 0 Å². The Kier molecular flexibility index (Phi) is 2.80. The van der Waals surface area contributed by atoms with Gasteiger partial charge in [0.05, 0.1) is 6.54 Å². The molecule has 0 radical (unpaired) electrons. The minimum absolute atomic E-state index is 0.632. The smallest absolute Gasteiger partial charge is 0.226 e. The van der Waals surface area contributed by atoms with Gasteiger partial charge in [-0.1, -0.05) is 19.0 Å². The van der Waals surface area contributed by atoms with E-state index in [9.17, 15) is 0 Å². The molecule has 0 N–H and O–H groups in total. The molecule has 2 aromatic rings. The van der Waals surface area contributed by atoms with E-state index in [1.807, 2.05) is 17.7 Å². The maximum atomic E-state index is 5.04. The summed E-state index contributed by atoms with van der Waals surface area (Å²) in [5.41, 5.74) is 0. The number of aryl methyl sites for hydroxylation is 2. The van der Waals surface area contributed by atoms with E-state index < -0.39 is 0 Å². The van der Waals surface area contributed by atoms with Crippen LogP contribution in [0.1, 0.15) is 31.4 Å². The van der Waals surface area contributed by atoms with Gasteiger partial charge in [0.15, 0.2) is 5.82 Å². The molecule has 2 rings (SSSR count). The molecule has 0 bridgehead atoms. The SMILES string of the molecule is CCc1nc(Cn2ccnc2CC)no1. The van der Waals surface area contributed by atoms with E-state index in [4.69, 9.17) is 4.52 Å². The number of rotatable bonds is 4.